The van der Waals surface area contributed by atoms with Gasteiger partial charge in [-0.25, -0.2) is 0 Å². The number of carbonyl (C=O) groups is 1. The summed E-state index contributed by atoms with van der Waals surface area (Å²) in [6.45, 7) is 1.55. The van der Waals surface area contributed by atoms with Gasteiger partial charge < -0.3 is 4.42 Å². The van der Waals surface area contributed by atoms with E-state index in [0.29, 0.717) is 5.56 Å². The fraction of sp³-hybridized carbons (Fsp3) is 0.100. The number of ketones is 1. The van der Waals surface area contributed by atoms with Crippen LogP contribution in [0, 0.1) is 0 Å². The highest BCUT2D eigenvalue weighted by atomic mass is 79.9. The number of furan rings is 1. The Balaban J connectivity index is 2.72. The lowest BCUT2D eigenvalue weighted by molar-refractivity contribution is 0.101. The van der Waals surface area contributed by atoms with E-state index < -0.39 is 0 Å². The van der Waals surface area contributed by atoms with Crippen LogP contribution < -0.4 is 0 Å². The maximum Gasteiger partial charge on any atom is 0.159 e. The quantitative estimate of drug-likeness (QED) is 0.714. The Morgan fingerprint density at radius 3 is 2.92 bits per heavy atom. The molecule has 3 heteroatoms. The molecular formula is C10H7BrO2. The zero-order valence-electron chi connectivity index (χ0n) is 7.00. The molecular weight excluding hydrogens is 232 g/mol. The van der Waals surface area contributed by atoms with E-state index in [2.05, 4.69) is 15.9 Å². The minimum Gasteiger partial charge on any atom is -0.463 e. The van der Waals surface area contributed by atoms with Crippen molar-refractivity contribution < 1.29 is 9.21 Å². The van der Waals surface area contributed by atoms with E-state index >= 15 is 0 Å². The van der Waals surface area contributed by atoms with Gasteiger partial charge in [0.1, 0.15) is 11.8 Å². The van der Waals surface area contributed by atoms with Crippen LogP contribution in [0.25, 0.3) is 11.0 Å². The number of Topliss-reactive ketones (excluding diaryl/α,β-unsaturated/α-hetero) is 1. The molecule has 2 rings (SSSR count). The molecule has 2 nitrogen and oxygen atoms in total. The summed E-state index contributed by atoms with van der Waals surface area (Å²) in [5.41, 5.74) is 1.49. The molecule has 1 aromatic carbocycles. The van der Waals surface area contributed by atoms with E-state index in [9.17, 15) is 4.79 Å². The lowest BCUT2D eigenvalue weighted by Gasteiger charge is -1.94. The summed E-state index contributed by atoms with van der Waals surface area (Å²) in [6.07, 6.45) is 1.62. The van der Waals surface area contributed by atoms with Crippen LogP contribution >= 0.6 is 15.9 Å². The topological polar surface area (TPSA) is 30.2 Å². The highest BCUT2D eigenvalue weighted by Crippen LogP contribution is 2.26. The lowest BCUT2D eigenvalue weighted by atomic mass is 10.1. The molecule has 0 saturated carbocycles. The van der Waals surface area contributed by atoms with Crippen molar-refractivity contribution in [1.29, 1.82) is 0 Å². The van der Waals surface area contributed by atoms with Gasteiger partial charge in [-0.2, -0.15) is 0 Å². The molecule has 0 aliphatic carbocycles. The molecule has 0 aliphatic rings. The van der Waals surface area contributed by atoms with E-state index in [1.54, 1.807) is 25.3 Å². The summed E-state index contributed by atoms with van der Waals surface area (Å²) < 4.78 is 6.11. The van der Waals surface area contributed by atoms with Crippen molar-refractivity contribution in [3.05, 3.63) is 34.5 Å². The first-order valence-corrected chi connectivity index (χ1v) is 4.65. The van der Waals surface area contributed by atoms with Crippen molar-refractivity contribution in [3.63, 3.8) is 0 Å². The predicted molar refractivity (Wildman–Crippen MR) is 53.9 cm³/mol. The Bertz CT molecular complexity index is 471. The third kappa shape index (κ3) is 1.40. The number of rotatable bonds is 1. The predicted octanol–water partition coefficient (Wildman–Crippen LogP) is 3.40. The minimum absolute atomic E-state index is 0.0648. The van der Waals surface area contributed by atoms with Crippen LogP contribution in [0.2, 0.25) is 0 Å². The van der Waals surface area contributed by atoms with E-state index in [4.69, 9.17) is 4.42 Å². The number of benzene rings is 1. The van der Waals surface area contributed by atoms with Gasteiger partial charge in [-0.05, 0) is 41.1 Å². The fourth-order valence-corrected chi connectivity index (χ4v) is 1.62. The number of carbonyl (C=O) groups excluding carboxylic acids is 1. The molecule has 1 heterocycles. The first-order valence-electron chi connectivity index (χ1n) is 3.86. The molecule has 2 aromatic rings. The number of fused-ring (bicyclic) bond motifs is 1. The fourth-order valence-electron chi connectivity index (χ4n) is 1.22. The summed E-state index contributed by atoms with van der Waals surface area (Å²) in [4.78, 5) is 11.1. The standard InChI is InChI=1S/C10H7BrO2/c1-6(12)7-2-3-10-8(4-7)9(11)5-13-10/h2-5H,1H3. The maximum atomic E-state index is 11.1. The zero-order chi connectivity index (χ0) is 9.42. The van der Waals surface area contributed by atoms with Crippen LogP contribution in [-0.2, 0) is 0 Å². The van der Waals surface area contributed by atoms with Crippen molar-refractivity contribution in [2.24, 2.45) is 0 Å². The summed E-state index contributed by atoms with van der Waals surface area (Å²) >= 11 is 3.35. The van der Waals surface area contributed by atoms with Gasteiger partial charge in [-0.15, -0.1) is 0 Å². The molecule has 0 bridgehead atoms. The lowest BCUT2D eigenvalue weighted by Crippen LogP contribution is -1.89. The average molecular weight is 239 g/mol. The van der Waals surface area contributed by atoms with Gasteiger partial charge in [0.25, 0.3) is 0 Å². The van der Waals surface area contributed by atoms with Gasteiger partial charge in [0.05, 0.1) is 4.47 Å². The van der Waals surface area contributed by atoms with Gasteiger partial charge in [0.15, 0.2) is 5.78 Å². The summed E-state index contributed by atoms with van der Waals surface area (Å²) in [5.74, 6) is 0.0648. The monoisotopic (exact) mass is 238 g/mol. The first-order chi connectivity index (χ1) is 6.18. The number of halogens is 1. The van der Waals surface area contributed by atoms with Crippen molar-refractivity contribution in [3.8, 4) is 0 Å². The molecule has 0 spiro atoms. The second kappa shape index (κ2) is 3.00. The SMILES string of the molecule is CC(=O)c1ccc2occ(Br)c2c1. The molecule has 0 unspecified atom stereocenters. The summed E-state index contributed by atoms with van der Waals surface area (Å²) in [6, 6.07) is 5.39. The molecule has 0 aliphatic heterocycles. The smallest absolute Gasteiger partial charge is 0.159 e. The molecule has 0 amide bonds. The number of hydrogen-bond acceptors (Lipinski definition) is 2. The van der Waals surface area contributed by atoms with Crippen molar-refractivity contribution in [2.75, 3.05) is 0 Å². The van der Waals surface area contributed by atoms with Gasteiger partial charge >= 0.3 is 0 Å². The molecule has 66 valence electrons. The average Bonchev–Trinajstić information content (AvgIpc) is 2.47. The van der Waals surface area contributed by atoms with Crippen LogP contribution in [0.5, 0.6) is 0 Å². The van der Waals surface area contributed by atoms with Crippen molar-refractivity contribution >= 4 is 32.7 Å². The Morgan fingerprint density at radius 2 is 2.23 bits per heavy atom. The molecule has 1 aromatic heterocycles. The molecule has 0 N–H and O–H groups in total. The largest absolute Gasteiger partial charge is 0.463 e. The summed E-state index contributed by atoms with van der Waals surface area (Å²) in [5, 5.41) is 0.938. The van der Waals surface area contributed by atoms with E-state index in [-0.39, 0.29) is 5.78 Å². The van der Waals surface area contributed by atoms with Gasteiger partial charge in [0.2, 0.25) is 0 Å². The van der Waals surface area contributed by atoms with Crippen LogP contribution in [0.3, 0.4) is 0 Å². The minimum atomic E-state index is 0.0648. The van der Waals surface area contributed by atoms with Crippen molar-refractivity contribution in [1.82, 2.24) is 0 Å². The van der Waals surface area contributed by atoms with Crippen LogP contribution in [0.1, 0.15) is 17.3 Å². The molecule has 0 radical (unpaired) electrons. The Hall–Kier alpha value is -1.09. The highest BCUT2D eigenvalue weighted by Gasteiger charge is 2.05. The highest BCUT2D eigenvalue weighted by molar-refractivity contribution is 9.10. The Labute approximate surface area is 83.7 Å². The maximum absolute atomic E-state index is 11.1. The normalized spacial score (nSPS) is 10.6. The Morgan fingerprint density at radius 1 is 1.46 bits per heavy atom. The van der Waals surface area contributed by atoms with Gasteiger partial charge in [0, 0.05) is 10.9 Å². The zero-order valence-corrected chi connectivity index (χ0v) is 8.59. The molecule has 13 heavy (non-hydrogen) atoms. The second-order valence-electron chi connectivity index (χ2n) is 2.85. The third-order valence-electron chi connectivity index (χ3n) is 1.93. The molecule has 0 saturated heterocycles. The number of hydrogen-bond donors (Lipinski definition) is 0. The van der Waals surface area contributed by atoms with Crippen LogP contribution in [0.15, 0.2) is 33.4 Å². The van der Waals surface area contributed by atoms with E-state index in [1.165, 1.54) is 0 Å². The van der Waals surface area contributed by atoms with Gasteiger partial charge in [-0.3, -0.25) is 4.79 Å². The van der Waals surface area contributed by atoms with Crippen LogP contribution in [0.4, 0.5) is 0 Å². The first kappa shape index (κ1) is 8.51. The van der Waals surface area contributed by atoms with Gasteiger partial charge in [-0.1, -0.05) is 0 Å². The summed E-state index contributed by atoms with van der Waals surface area (Å²) in [7, 11) is 0. The Kier molecular flexibility index (Phi) is 1.96. The molecule has 0 atom stereocenters. The third-order valence-corrected chi connectivity index (χ3v) is 2.55. The van der Waals surface area contributed by atoms with E-state index in [1.807, 2.05) is 6.07 Å². The molecule has 0 fully saturated rings. The van der Waals surface area contributed by atoms with Crippen LogP contribution in [-0.4, -0.2) is 5.78 Å². The second-order valence-corrected chi connectivity index (χ2v) is 3.71. The van der Waals surface area contributed by atoms with E-state index in [0.717, 1.165) is 15.4 Å². The van der Waals surface area contributed by atoms with Crippen molar-refractivity contribution in [2.45, 2.75) is 6.92 Å².